The standard InChI is InChI=1S/C18H16BrClF3N5O/c1-9-13(19)10(2)28(25-9)8-11-5-4-6-12(7-11)24-17(29)15-14(20)16(18(21,22)23)27(3)26-15/h4-7H,8H2,1-3H3,(H,24,29). The number of aryl methyl sites for hydroxylation is 2. The number of aromatic nitrogens is 4. The summed E-state index contributed by atoms with van der Waals surface area (Å²) >= 11 is 9.24. The van der Waals surface area contributed by atoms with Crippen LogP contribution >= 0.6 is 27.5 Å². The van der Waals surface area contributed by atoms with Crippen molar-refractivity contribution in [1.82, 2.24) is 19.6 Å². The molecule has 29 heavy (non-hydrogen) atoms. The lowest BCUT2D eigenvalue weighted by molar-refractivity contribution is -0.143. The number of benzene rings is 1. The van der Waals surface area contributed by atoms with Crippen molar-refractivity contribution in [3.05, 3.63) is 62.1 Å². The Hall–Kier alpha value is -2.33. The van der Waals surface area contributed by atoms with E-state index in [0.29, 0.717) is 16.9 Å². The Morgan fingerprint density at radius 2 is 1.97 bits per heavy atom. The minimum Gasteiger partial charge on any atom is -0.321 e. The number of halogens is 5. The molecule has 2 heterocycles. The van der Waals surface area contributed by atoms with Crippen molar-refractivity contribution in [2.45, 2.75) is 26.6 Å². The van der Waals surface area contributed by atoms with Crippen LogP contribution in [0.3, 0.4) is 0 Å². The first-order chi connectivity index (χ1) is 13.5. The van der Waals surface area contributed by atoms with E-state index in [0.717, 1.165) is 28.5 Å². The van der Waals surface area contributed by atoms with Gasteiger partial charge in [-0.15, -0.1) is 0 Å². The fraction of sp³-hybridized carbons (Fsp3) is 0.278. The van der Waals surface area contributed by atoms with Gasteiger partial charge in [-0.3, -0.25) is 14.2 Å². The molecule has 0 atom stereocenters. The van der Waals surface area contributed by atoms with Crippen LogP contribution in [0.4, 0.5) is 18.9 Å². The third kappa shape index (κ3) is 4.32. The van der Waals surface area contributed by atoms with Gasteiger partial charge in [0.2, 0.25) is 0 Å². The van der Waals surface area contributed by atoms with Crippen LogP contribution in [0.2, 0.25) is 5.02 Å². The molecular weight excluding hydrogens is 475 g/mol. The molecule has 6 nitrogen and oxygen atoms in total. The van der Waals surface area contributed by atoms with Crippen LogP contribution in [0, 0.1) is 13.8 Å². The molecule has 0 unspecified atom stereocenters. The second-order valence-electron chi connectivity index (χ2n) is 6.43. The van der Waals surface area contributed by atoms with Crippen molar-refractivity contribution in [3.63, 3.8) is 0 Å². The number of rotatable bonds is 4. The lowest BCUT2D eigenvalue weighted by Gasteiger charge is -2.08. The summed E-state index contributed by atoms with van der Waals surface area (Å²) < 4.78 is 42.4. The zero-order chi connectivity index (χ0) is 21.5. The molecule has 0 aliphatic carbocycles. The molecule has 2 aromatic heterocycles. The summed E-state index contributed by atoms with van der Waals surface area (Å²) in [7, 11) is 1.08. The Balaban J connectivity index is 1.82. The minimum absolute atomic E-state index is 0.406. The van der Waals surface area contributed by atoms with Gasteiger partial charge in [0.1, 0.15) is 5.02 Å². The highest BCUT2D eigenvalue weighted by atomic mass is 79.9. The van der Waals surface area contributed by atoms with Gasteiger partial charge in [0.25, 0.3) is 5.91 Å². The average Bonchev–Trinajstić information content (AvgIpc) is 3.05. The topological polar surface area (TPSA) is 64.7 Å². The number of hydrogen-bond donors (Lipinski definition) is 1. The van der Waals surface area contributed by atoms with E-state index in [-0.39, 0.29) is 0 Å². The molecule has 0 aliphatic heterocycles. The number of carbonyl (C=O) groups is 1. The van der Waals surface area contributed by atoms with Crippen molar-refractivity contribution in [2.24, 2.45) is 7.05 Å². The van der Waals surface area contributed by atoms with E-state index in [9.17, 15) is 18.0 Å². The Kier molecular flexibility index (Phi) is 5.77. The van der Waals surface area contributed by atoms with Gasteiger partial charge >= 0.3 is 6.18 Å². The molecule has 1 aromatic carbocycles. The van der Waals surface area contributed by atoms with Crippen LogP contribution in [0.25, 0.3) is 0 Å². The molecule has 11 heteroatoms. The van der Waals surface area contributed by atoms with Crippen LogP contribution in [-0.4, -0.2) is 25.5 Å². The number of carbonyl (C=O) groups excluding carboxylic acids is 1. The third-order valence-electron chi connectivity index (χ3n) is 4.28. The van der Waals surface area contributed by atoms with Gasteiger partial charge in [0, 0.05) is 12.7 Å². The summed E-state index contributed by atoms with van der Waals surface area (Å²) in [5.41, 5.74) is 1.41. The van der Waals surface area contributed by atoms with Crippen LogP contribution in [-0.2, 0) is 19.8 Å². The van der Waals surface area contributed by atoms with E-state index in [2.05, 4.69) is 31.4 Å². The molecule has 0 saturated heterocycles. The quantitative estimate of drug-likeness (QED) is 0.562. The number of nitrogens with zero attached hydrogens (tertiary/aromatic N) is 4. The van der Waals surface area contributed by atoms with Crippen molar-refractivity contribution in [1.29, 1.82) is 0 Å². The SMILES string of the molecule is Cc1nn(Cc2cccc(NC(=O)c3nn(C)c(C(F)(F)F)c3Cl)c2)c(C)c1Br. The highest BCUT2D eigenvalue weighted by Crippen LogP contribution is 2.36. The zero-order valence-electron chi connectivity index (χ0n) is 15.6. The number of alkyl halides is 3. The number of nitrogens with one attached hydrogen (secondary N) is 1. The molecule has 0 saturated carbocycles. The first kappa shape index (κ1) is 21.4. The second-order valence-corrected chi connectivity index (χ2v) is 7.60. The normalized spacial score (nSPS) is 11.7. The van der Waals surface area contributed by atoms with Gasteiger partial charge in [-0.25, -0.2) is 0 Å². The first-order valence-electron chi connectivity index (χ1n) is 8.38. The monoisotopic (exact) mass is 489 g/mol. The Morgan fingerprint density at radius 3 is 2.52 bits per heavy atom. The van der Waals surface area contributed by atoms with Gasteiger partial charge in [0.15, 0.2) is 11.4 Å². The molecule has 1 amide bonds. The maximum Gasteiger partial charge on any atom is 0.434 e. The maximum atomic E-state index is 13.0. The van der Waals surface area contributed by atoms with Crippen molar-refractivity contribution in [3.8, 4) is 0 Å². The van der Waals surface area contributed by atoms with Crippen LogP contribution in [0.5, 0.6) is 0 Å². The van der Waals surface area contributed by atoms with Gasteiger partial charge in [-0.2, -0.15) is 23.4 Å². The minimum atomic E-state index is -4.72. The molecule has 0 spiro atoms. The third-order valence-corrected chi connectivity index (χ3v) is 5.79. The average molecular weight is 491 g/mol. The molecule has 0 bridgehead atoms. The smallest absolute Gasteiger partial charge is 0.321 e. The van der Waals surface area contributed by atoms with Crippen molar-refractivity contribution < 1.29 is 18.0 Å². The zero-order valence-corrected chi connectivity index (χ0v) is 17.9. The van der Waals surface area contributed by atoms with E-state index in [1.165, 1.54) is 0 Å². The Morgan fingerprint density at radius 1 is 1.28 bits per heavy atom. The lowest BCUT2D eigenvalue weighted by Crippen LogP contribution is -2.14. The predicted octanol–water partition coefficient (Wildman–Crippen LogP) is 4.97. The fourth-order valence-corrected chi connectivity index (χ4v) is 3.53. The molecular formula is C18H16BrClF3N5O. The van der Waals surface area contributed by atoms with Gasteiger partial charge in [-0.1, -0.05) is 23.7 Å². The van der Waals surface area contributed by atoms with Gasteiger partial charge < -0.3 is 5.32 Å². The van der Waals surface area contributed by atoms with E-state index in [1.54, 1.807) is 18.2 Å². The first-order valence-corrected chi connectivity index (χ1v) is 9.55. The Labute approximate surface area is 177 Å². The summed E-state index contributed by atoms with van der Waals surface area (Å²) in [6, 6.07) is 6.92. The maximum absolute atomic E-state index is 13.0. The summed E-state index contributed by atoms with van der Waals surface area (Å²) in [6.45, 7) is 4.28. The lowest BCUT2D eigenvalue weighted by atomic mass is 10.2. The molecule has 154 valence electrons. The Bertz CT molecular complexity index is 1090. The predicted molar refractivity (Wildman–Crippen MR) is 106 cm³/mol. The van der Waals surface area contributed by atoms with E-state index >= 15 is 0 Å². The van der Waals surface area contributed by atoms with E-state index < -0.39 is 28.5 Å². The molecule has 0 fully saturated rings. The van der Waals surface area contributed by atoms with E-state index in [1.807, 2.05) is 24.6 Å². The second kappa shape index (κ2) is 7.83. The summed E-state index contributed by atoms with van der Waals surface area (Å²) in [5, 5.41) is 9.86. The highest BCUT2D eigenvalue weighted by molar-refractivity contribution is 9.10. The number of hydrogen-bond acceptors (Lipinski definition) is 3. The fourth-order valence-electron chi connectivity index (χ4n) is 2.89. The molecule has 3 rings (SSSR count). The van der Waals surface area contributed by atoms with Crippen LogP contribution in [0.1, 0.15) is 33.1 Å². The van der Waals surface area contributed by atoms with Crippen molar-refractivity contribution in [2.75, 3.05) is 5.32 Å². The largest absolute Gasteiger partial charge is 0.434 e. The summed E-state index contributed by atoms with van der Waals surface area (Å²) in [6.07, 6.45) is -4.72. The molecule has 0 aliphatic rings. The molecule has 1 N–H and O–H groups in total. The number of amides is 1. The number of anilines is 1. The van der Waals surface area contributed by atoms with Crippen LogP contribution in [0.15, 0.2) is 28.7 Å². The van der Waals surface area contributed by atoms with Gasteiger partial charge in [-0.05, 0) is 47.5 Å². The highest BCUT2D eigenvalue weighted by Gasteiger charge is 2.40. The van der Waals surface area contributed by atoms with Gasteiger partial charge in [0.05, 0.1) is 22.4 Å². The summed E-state index contributed by atoms with van der Waals surface area (Å²) in [4.78, 5) is 12.4. The van der Waals surface area contributed by atoms with E-state index in [4.69, 9.17) is 11.6 Å². The molecule has 0 radical (unpaired) electrons. The molecule has 3 aromatic rings. The van der Waals surface area contributed by atoms with Crippen molar-refractivity contribution >= 4 is 39.1 Å². The summed E-state index contributed by atoms with van der Waals surface area (Å²) in [5.74, 6) is -0.827. The van der Waals surface area contributed by atoms with Crippen LogP contribution < -0.4 is 5.32 Å².